The lowest BCUT2D eigenvalue weighted by Crippen LogP contribution is -2.13. The van der Waals surface area contributed by atoms with E-state index in [4.69, 9.17) is 5.26 Å². The van der Waals surface area contributed by atoms with Crippen LogP contribution in [0.25, 0.3) is 0 Å². The second-order valence-electron chi connectivity index (χ2n) is 6.42. The van der Waals surface area contributed by atoms with Gasteiger partial charge in [-0.2, -0.15) is 5.26 Å². The average molecular weight is 277 g/mol. The summed E-state index contributed by atoms with van der Waals surface area (Å²) in [5, 5.41) is 19.9. The van der Waals surface area contributed by atoms with Crippen LogP contribution in [0.1, 0.15) is 30.5 Å². The van der Waals surface area contributed by atoms with E-state index in [0.717, 1.165) is 12.0 Å². The van der Waals surface area contributed by atoms with Crippen LogP contribution in [0.2, 0.25) is 0 Å². The summed E-state index contributed by atoms with van der Waals surface area (Å²) >= 11 is 0. The van der Waals surface area contributed by atoms with E-state index >= 15 is 0 Å². The Morgan fingerprint density at radius 1 is 1.05 bits per heavy atom. The Kier molecular flexibility index (Phi) is 3.11. The summed E-state index contributed by atoms with van der Waals surface area (Å²) in [6.45, 7) is 4.24. The third kappa shape index (κ3) is 2.05. The predicted octanol–water partition coefficient (Wildman–Crippen LogP) is 3.64. The van der Waals surface area contributed by atoms with Gasteiger partial charge in [-0.05, 0) is 29.7 Å². The second-order valence-corrected chi connectivity index (χ2v) is 6.42. The number of hydrogen-bond donors (Lipinski definition) is 1. The van der Waals surface area contributed by atoms with Crippen LogP contribution in [0.5, 0.6) is 0 Å². The monoisotopic (exact) mass is 277 g/mol. The van der Waals surface area contributed by atoms with Crippen LogP contribution in [-0.4, -0.2) is 5.11 Å². The van der Waals surface area contributed by atoms with Gasteiger partial charge in [0.1, 0.15) is 0 Å². The highest BCUT2D eigenvalue weighted by Gasteiger charge is 2.70. The van der Waals surface area contributed by atoms with E-state index in [0.29, 0.717) is 5.56 Å². The fourth-order valence-electron chi connectivity index (χ4n) is 3.47. The van der Waals surface area contributed by atoms with E-state index in [1.54, 1.807) is 0 Å². The molecule has 0 radical (unpaired) electrons. The van der Waals surface area contributed by atoms with Gasteiger partial charge in [-0.25, -0.2) is 0 Å². The van der Waals surface area contributed by atoms with Crippen molar-refractivity contribution >= 4 is 0 Å². The van der Waals surface area contributed by atoms with E-state index in [1.165, 1.54) is 5.56 Å². The molecule has 1 aliphatic rings. The topological polar surface area (TPSA) is 44.0 Å². The van der Waals surface area contributed by atoms with Crippen LogP contribution in [0.4, 0.5) is 0 Å². The van der Waals surface area contributed by atoms with Crippen LogP contribution in [0, 0.1) is 22.7 Å². The van der Waals surface area contributed by atoms with Gasteiger partial charge in [0.2, 0.25) is 0 Å². The molecule has 3 rings (SSSR count). The summed E-state index contributed by atoms with van der Waals surface area (Å²) in [6, 6.07) is 19.7. The lowest BCUT2D eigenvalue weighted by Gasteiger charge is -2.14. The second kappa shape index (κ2) is 4.72. The van der Waals surface area contributed by atoms with Gasteiger partial charge < -0.3 is 5.11 Å². The summed E-state index contributed by atoms with van der Waals surface area (Å²) in [7, 11) is 0. The van der Waals surface area contributed by atoms with Crippen LogP contribution in [-0.2, 0) is 12.0 Å². The predicted molar refractivity (Wildman–Crippen MR) is 82.5 cm³/mol. The van der Waals surface area contributed by atoms with Gasteiger partial charge >= 0.3 is 0 Å². The fourth-order valence-corrected chi connectivity index (χ4v) is 3.47. The Morgan fingerprint density at radius 3 is 2.24 bits per heavy atom. The molecule has 2 heteroatoms. The zero-order valence-electron chi connectivity index (χ0n) is 12.4. The van der Waals surface area contributed by atoms with Crippen molar-refractivity contribution in [2.24, 2.45) is 11.3 Å². The quantitative estimate of drug-likeness (QED) is 0.930. The molecule has 2 aromatic carbocycles. The molecule has 1 N–H and O–H groups in total. The molecule has 0 aromatic heterocycles. The fraction of sp³-hybridized carbons (Fsp3) is 0.316. The smallest absolute Gasteiger partial charge is 0.0991 e. The Labute approximate surface area is 125 Å². The largest absolute Gasteiger partial charge is 0.384 e. The molecule has 0 aliphatic heterocycles. The Hall–Kier alpha value is -2.11. The lowest BCUT2D eigenvalue weighted by molar-refractivity contribution is 0.0997. The van der Waals surface area contributed by atoms with Crippen molar-refractivity contribution in [1.82, 2.24) is 0 Å². The van der Waals surface area contributed by atoms with Gasteiger partial charge in [-0.1, -0.05) is 56.3 Å². The van der Waals surface area contributed by atoms with E-state index in [2.05, 4.69) is 19.9 Å². The Morgan fingerprint density at radius 2 is 1.67 bits per heavy atom. The molecular weight excluding hydrogens is 258 g/mol. The normalized spacial score (nSPS) is 26.1. The highest BCUT2D eigenvalue weighted by atomic mass is 16.3. The van der Waals surface area contributed by atoms with Crippen molar-refractivity contribution in [3.05, 3.63) is 71.3 Å². The third-order valence-electron chi connectivity index (χ3n) is 5.01. The maximum Gasteiger partial charge on any atom is 0.0991 e. The number of nitriles is 1. The standard InChI is InChI=1S/C19H19NO/c1-18(2)17(12-14-8-10-15(13-20)11-9-14)19(18,21)16-6-4-3-5-7-16/h3-11,17,21H,12H2,1-2H3/t17-,19+/m1/s1. The molecule has 2 atom stereocenters. The molecule has 0 bridgehead atoms. The first-order chi connectivity index (χ1) is 10.00. The van der Waals surface area contributed by atoms with Gasteiger partial charge in [0.25, 0.3) is 0 Å². The first-order valence-corrected chi connectivity index (χ1v) is 7.27. The van der Waals surface area contributed by atoms with E-state index < -0.39 is 5.60 Å². The maximum absolute atomic E-state index is 11.1. The Balaban J connectivity index is 1.85. The molecule has 0 spiro atoms. The summed E-state index contributed by atoms with van der Waals surface area (Å²) < 4.78 is 0. The average Bonchev–Trinajstić information content (AvgIpc) is 2.95. The van der Waals surface area contributed by atoms with E-state index in [-0.39, 0.29) is 11.3 Å². The van der Waals surface area contributed by atoms with Crippen molar-refractivity contribution in [3.63, 3.8) is 0 Å². The summed E-state index contributed by atoms with van der Waals surface area (Å²) in [4.78, 5) is 0. The molecule has 0 saturated heterocycles. The highest BCUT2D eigenvalue weighted by Crippen LogP contribution is 2.68. The first-order valence-electron chi connectivity index (χ1n) is 7.27. The van der Waals surface area contributed by atoms with Gasteiger partial charge in [0.15, 0.2) is 0 Å². The number of rotatable bonds is 3. The Bertz CT molecular complexity index is 682. The third-order valence-corrected chi connectivity index (χ3v) is 5.01. The molecule has 106 valence electrons. The van der Waals surface area contributed by atoms with Crippen molar-refractivity contribution in [2.75, 3.05) is 0 Å². The minimum Gasteiger partial charge on any atom is -0.384 e. The number of hydrogen-bond acceptors (Lipinski definition) is 2. The van der Waals surface area contributed by atoms with Crippen molar-refractivity contribution in [3.8, 4) is 6.07 Å². The van der Waals surface area contributed by atoms with Crippen LogP contribution in [0.15, 0.2) is 54.6 Å². The molecule has 2 aromatic rings. The van der Waals surface area contributed by atoms with Crippen LogP contribution in [0.3, 0.4) is 0 Å². The molecule has 21 heavy (non-hydrogen) atoms. The zero-order chi connectivity index (χ0) is 15.1. The molecule has 1 fully saturated rings. The summed E-state index contributed by atoms with van der Waals surface area (Å²) in [5.41, 5.74) is 1.93. The van der Waals surface area contributed by atoms with Gasteiger partial charge in [-0.15, -0.1) is 0 Å². The minimum atomic E-state index is -0.762. The molecule has 1 saturated carbocycles. The van der Waals surface area contributed by atoms with Gasteiger partial charge in [0.05, 0.1) is 17.2 Å². The van der Waals surface area contributed by atoms with Crippen LogP contribution < -0.4 is 0 Å². The summed E-state index contributed by atoms with van der Waals surface area (Å²) in [5.74, 6) is 0.195. The molecule has 1 aliphatic carbocycles. The van der Waals surface area contributed by atoms with E-state index in [1.807, 2.05) is 54.6 Å². The number of aliphatic hydroxyl groups is 1. The first kappa shape index (κ1) is 13.9. The molecule has 0 amide bonds. The SMILES string of the molecule is CC1(C)[C@@H](Cc2ccc(C#N)cc2)[C@@]1(O)c1ccccc1. The van der Waals surface area contributed by atoms with Crippen molar-refractivity contribution in [2.45, 2.75) is 25.9 Å². The zero-order valence-corrected chi connectivity index (χ0v) is 12.4. The number of nitrogens with zero attached hydrogens (tertiary/aromatic N) is 1. The maximum atomic E-state index is 11.1. The van der Waals surface area contributed by atoms with Crippen LogP contribution >= 0.6 is 0 Å². The molecule has 0 heterocycles. The van der Waals surface area contributed by atoms with Gasteiger partial charge in [-0.3, -0.25) is 0 Å². The van der Waals surface area contributed by atoms with Crippen molar-refractivity contribution < 1.29 is 5.11 Å². The molecular formula is C19H19NO. The van der Waals surface area contributed by atoms with E-state index in [9.17, 15) is 5.11 Å². The minimum absolute atomic E-state index is 0.137. The number of benzene rings is 2. The molecule has 2 nitrogen and oxygen atoms in total. The van der Waals surface area contributed by atoms with Crippen molar-refractivity contribution in [1.29, 1.82) is 5.26 Å². The summed E-state index contributed by atoms with van der Waals surface area (Å²) in [6.07, 6.45) is 0.824. The molecule has 0 unspecified atom stereocenters. The lowest BCUT2D eigenvalue weighted by atomic mass is 9.99. The van der Waals surface area contributed by atoms with Gasteiger partial charge in [0, 0.05) is 11.3 Å². The highest BCUT2D eigenvalue weighted by molar-refractivity contribution is 5.38.